The molecule has 0 aliphatic carbocycles. The summed E-state index contributed by atoms with van der Waals surface area (Å²) >= 11 is 3.37. The van der Waals surface area contributed by atoms with Crippen molar-refractivity contribution in [1.29, 1.82) is 0 Å². The van der Waals surface area contributed by atoms with Crippen LogP contribution in [0.3, 0.4) is 0 Å². The van der Waals surface area contributed by atoms with Gasteiger partial charge in [-0.2, -0.15) is 0 Å². The van der Waals surface area contributed by atoms with E-state index in [0.717, 1.165) is 16.5 Å². The van der Waals surface area contributed by atoms with Crippen molar-refractivity contribution in [1.82, 2.24) is 10.6 Å². The van der Waals surface area contributed by atoms with E-state index >= 15 is 0 Å². The van der Waals surface area contributed by atoms with Gasteiger partial charge in [-0.1, -0.05) is 22.9 Å². The summed E-state index contributed by atoms with van der Waals surface area (Å²) in [6.45, 7) is 5.13. The summed E-state index contributed by atoms with van der Waals surface area (Å²) in [4.78, 5) is 11.5. The van der Waals surface area contributed by atoms with E-state index in [1.165, 1.54) is 12.1 Å². The largest absolute Gasteiger partial charge is 0.354 e. The minimum absolute atomic E-state index is 0.0418. The fourth-order valence-corrected chi connectivity index (χ4v) is 1.94. The average molecular weight is 331 g/mol. The molecular formula is C14H20BrFN2O. The van der Waals surface area contributed by atoms with Gasteiger partial charge in [0.1, 0.15) is 5.82 Å². The molecule has 1 rings (SSSR count). The zero-order chi connectivity index (χ0) is 14.3. The Morgan fingerprint density at radius 2 is 2.21 bits per heavy atom. The average Bonchev–Trinajstić information content (AvgIpc) is 2.38. The first kappa shape index (κ1) is 16.1. The quantitative estimate of drug-likeness (QED) is 0.754. The SMILES string of the molecule is CCC(C)NC(=O)CCNCc1cc(F)ccc1Br. The molecule has 0 spiro atoms. The number of nitrogens with one attached hydrogen (secondary N) is 2. The second kappa shape index (κ2) is 8.27. The lowest BCUT2D eigenvalue weighted by Crippen LogP contribution is -2.33. The summed E-state index contributed by atoms with van der Waals surface area (Å²) in [7, 11) is 0. The second-order valence-corrected chi connectivity index (χ2v) is 5.39. The number of carbonyl (C=O) groups is 1. The van der Waals surface area contributed by atoms with E-state index in [1.54, 1.807) is 6.07 Å². The maximum atomic E-state index is 13.1. The van der Waals surface area contributed by atoms with Crippen LogP contribution >= 0.6 is 15.9 Å². The lowest BCUT2D eigenvalue weighted by atomic mass is 10.2. The molecular weight excluding hydrogens is 311 g/mol. The molecule has 0 bridgehead atoms. The third-order valence-electron chi connectivity index (χ3n) is 2.87. The van der Waals surface area contributed by atoms with Crippen molar-refractivity contribution in [2.75, 3.05) is 6.54 Å². The van der Waals surface area contributed by atoms with Gasteiger partial charge in [-0.25, -0.2) is 4.39 Å². The summed E-state index contributed by atoms with van der Waals surface area (Å²) < 4.78 is 13.9. The van der Waals surface area contributed by atoms with E-state index in [2.05, 4.69) is 26.6 Å². The Labute approximate surface area is 122 Å². The van der Waals surface area contributed by atoms with Crippen LogP contribution in [0.4, 0.5) is 4.39 Å². The standard InChI is InChI=1S/C14H20BrFN2O/c1-3-10(2)18-14(19)6-7-17-9-11-8-12(16)4-5-13(11)15/h4-5,8,10,17H,3,6-7,9H2,1-2H3,(H,18,19). The normalized spacial score (nSPS) is 12.2. The smallest absolute Gasteiger partial charge is 0.221 e. The van der Waals surface area contributed by atoms with Crippen molar-refractivity contribution in [2.24, 2.45) is 0 Å². The van der Waals surface area contributed by atoms with Gasteiger partial charge in [-0.3, -0.25) is 4.79 Å². The van der Waals surface area contributed by atoms with Crippen LogP contribution < -0.4 is 10.6 Å². The topological polar surface area (TPSA) is 41.1 Å². The van der Waals surface area contributed by atoms with E-state index in [1.807, 2.05) is 13.8 Å². The second-order valence-electron chi connectivity index (χ2n) is 4.54. The molecule has 1 atom stereocenters. The van der Waals surface area contributed by atoms with Crippen LogP contribution in [0, 0.1) is 5.82 Å². The van der Waals surface area contributed by atoms with Crippen LogP contribution in [0.25, 0.3) is 0 Å². The Morgan fingerprint density at radius 3 is 2.89 bits per heavy atom. The van der Waals surface area contributed by atoms with E-state index in [0.29, 0.717) is 19.5 Å². The van der Waals surface area contributed by atoms with Crippen LogP contribution in [-0.4, -0.2) is 18.5 Å². The van der Waals surface area contributed by atoms with Gasteiger partial charge in [0.15, 0.2) is 0 Å². The van der Waals surface area contributed by atoms with Crippen LogP contribution in [0.2, 0.25) is 0 Å². The molecule has 1 unspecified atom stereocenters. The Balaban J connectivity index is 2.27. The maximum Gasteiger partial charge on any atom is 0.221 e. The maximum absolute atomic E-state index is 13.1. The molecule has 0 saturated carbocycles. The number of rotatable bonds is 7. The van der Waals surface area contributed by atoms with Crippen LogP contribution in [0.5, 0.6) is 0 Å². The van der Waals surface area contributed by atoms with Gasteiger partial charge in [0.2, 0.25) is 5.91 Å². The molecule has 0 aliphatic rings. The van der Waals surface area contributed by atoms with E-state index in [9.17, 15) is 9.18 Å². The summed E-state index contributed by atoms with van der Waals surface area (Å²) in [5, 5.41) is 6.03. The van der Waals surface area contributed by atoms with Crippen molar-refractivity contribution >= 4 is 21.8 Å². The number of amides is 1. The Morgan fingerprint density at radius 1 is 1.47 bits per heavy atom. The van der Waals surface area contributed by atoms with E-state index < -0.39 is 0 Å². The molecule has 3 nitrogen and oxygen atoms in total. The summed E-state index contributed by atoms with van der Waals surface area (Å²) in [5.41, 5.74) is 0.849. The highest BCUT2D eigenvalue weighted by atomic mass is 79.9. The number of benzene rings is 1. The van der Waals surface area contributed by atoms with Gasteiger partial charge in [0.05, 0.1) is 0 Å². The van der Waals surface area contributed by atoms with Gasteiger partial charge in [-0.15, -0.1) is 0 Å². The van der Waals surface area contributed by atoms with Gasteiger partial charge in [0.25, 0.3) is 0 Å². The van der Waals surface area contributed by atoms with Gasteiger partial charge in [0, 0.05) is 30.0 Å². The highest BCUT2D eigenvalue weighted by Crippen LogP contribution is 2.17. The first-order valence-corrected chi connectivity index (χ1v) is 7.26. The highest BCUT2D eigenvalue weighted by molar-refractivity contribution is 9.10. The molecule has 0 fully saturated rings. The highest BCUT2D eigenvalue weighted by Gasteiger charge is 2.05. The van der Waals surface area contributed by atoms with Crippen LogP contribution in [0.1, 0.15) is 32.3 Å². The summed E-state index contributed by atoms with van der Waals surface area (Å²) in [6, 6.07) is 4.79. The Bertz CT molecular complexity index is 426. The molecule has 1 aromatic rings. The molecule has 0 heterocycles. The minimum Gasteiger partial charge on any atom is -0.354 e. The first-order chi connectivity index (χ1) is 9.02. The predicted molar refractivity (Wildman–Crippen MR) is 78.3 cm³/mol. The zero-order valence-electron chi connectivity index (χ0n) is 11.3. The molecule has 106 valence electrons. The molecule has 2 N–H and O–H groups in total. The number of carbonyl (C=O) groups excluding carboxylic acids is 1. The van der Waals surface area contributed by atoms with Crippen molar-refractivity contribution in [3.63, 3.8) is 0 Å². The predicted octanol–water partition coefficient (Wildman–Crippen LogP) is 2.98. The lowest BCUT2D eigenvalue weighted by molar-refractivity contribution is -0.121. The third-order valence-corrected chi connectivity index (χ3v) is 3.65. The molecule has 1 amide bonds. The lowest BCUT2D eigenvalue weighted by Gasteiger charge is -2.11. The van der Waals surface area contributed by atoms with Gasteiger partial charge < -0.3 is 10.6 Å². The molecule has 19 heavy (non-hydrogen) atoms. The van der Waals surface area contributed by atoms with Crippen molar-refractivity contribution < 1.29 is 9.18 Å². The molecule has 1 aromatic carbocycles. The minimum atomic E-state index is -0.255. The zero-order valence-corrected chi connectivity index (χ0v) is 12.9. The first-order valence-electron chi connectivity index (χ1n) is 6.47. The summed E-state index contributed by atoms with van der Waals surface area (Å²) in [6.07, 6.45) is 1.35. The van der Waals surface area contributed by atoms with E-state index in [-0.39, 0.29) is 17.8 Å². The molecule has 5 heteroatoms. The molecule has 0 aromatic heterocycles. The Hall–Kier alpha value is -0.940. The van der Waals surface area contributed by atoms with Gasteiger partial charge >= 0.3 is 0 Å². The number of hydrogen-bond donors (Lipinski definition) is 2. The third kappa shape index (κ3) is 6.16. The summed E-state index contributed by atoms with van der Waals surface area (Å²) in [5.74, 6) is -0.213. The fourth-order valence-electron chi connectivity index (χ4n) is 1.55. The van der Waals surface area contributed by atoms with Crippen molar-refractivity contribution in [2.45, 2.75) is 39.3 Å². The fraction of sp³-hybridized carbons (Fsp3) is 0.500. The van der Waals surface area contributed by atoms with Crippen molar-refractivity contribution in [3.05, 3.63) is 34.1 Å². The molecule has 0 aliphatic heterocycles. The molecule has 0 radical (unpaired) electrons. The monoisotopic (exact) mass is 330 g/mol. The van der Waals surface area contributed by atoms with E-state index in [4.69, 9.17) is 0 Å². The van der Waals surface area contributed by atoms with Crippen LogP contribution in [0.15, 0.2) is 22.7 Å². The van der Waals surface area contributed by atoms with Crippen molar-refractivity contribution in [3.8, 4) is 0 Å². The van der Waals surface area contributed by atoms with Crippen LogP contribution in [-0.2, 0) is 11.3 Å². The molecule has 0 saturated heterocycles. The Kier molecular flexibility index (Phi) is 7.02. The number of hydrogen-bond acceptors (Lipinski definition) is 2. The number of halogens is 2. The van der Waals surface area contributed by atoms with Gasteiger partial charge in [-0.05, 0) is 37.1 Å².